The summed E-state index contributed by atoms with van der Waals surface area (Å²) in [5, 5.41) is 12.6. The zero-order valence-electron chi connectivity index (χ0n) is 14.7. The Labute approximate surface area is 155 Å². The molecule has 7 nitrogen and oxygen atoms in total. The smallest absolute Gasteiger partial charge is 0.435 e. The standard InChI is InChI=1S/C17H15F4N3O4/c1-24-16-11(15(23-24)17(19,20)21)13(25)14(26)12(22-16)9-4-3-8(7-10(9)18)28-6-5-27-2/h3-4,7,26H,5-6H2,1-2H3,(H,22,25). The molecule has 0 fully saturated rings. The number of nitrogens with one attached hydrogen (secondary N) is 1. The van der Waals surface area contributed by atoms with Gasteiger partial charge in [0.2, 0.25) is 5.43 Å². The number of ether oxygens (including phenoxy) is 2. The van der Waals surface area contributed by atoms with Crippen LogP contribution in [0.4, 0.5) is 17.6 Å². The second-order valence-electron chi connectivity index (χ2n) is 5.85. The fraction of sp³-hybridized carbons (Fsp3) is 0.294. The minimum atomic E-state index is -4.90. The van der Waals surface area contributed by atoms with Gasteiger partial charge in [0, 0.05) is 25.8 Å². The first kappa shape index (κ1) is 19.7. The molecule has 28 heavy (non-hydrogen) atoms. The minimum absolute atomic E-state index is 0.179. The van der Waals surface area contributed by atoms with Gasteiger partial charge in [-0.25, -0.2) is 4.39 Å². The van der Waals surface area contributed by atoms with Gasteiger partial charge in [0.1, 0.15) is 29.2 Å². The number of aromatic nitrogens is 3. The third-order valence-corrected chi connectivity index (χ3v) is 4.00. The third kappa shape index (κ3) is 3.40. The molecule has 0 aliphatic rings. The van der Waals surface area contributed by atoms with E-state index in [2.05, 4.69) is 10.1 Å². The molecule has 150 valence electrons. The van der Waals surface area contributed by atoms with Gasteiger partial charge in [-0.15, -0.1) is 0 Å². The van der Waals surface area contributed by atoms with Crippen LogP contribution in [0.15, 0.2) is 23.0 Å². The second kappa shape index (κ2) is 7.15. The summed E-state index contributed by atoms with van der Waals surface area (Å²) in [5.74, 6) is -1.71. The van der Waals surface area contributed by atoms with Gasteiger partial charge >= 0.3 is 6.18 Å². The summed E-state index contributed by atoms with van der Waals surface area (Å²) in [7, 11) is 2.67. The maximum Gasteiger partial charge on any atom is 0.435 e. The minimum Gasteiger partial charge on any atom is -0.503 e. The lowest BCUT2D eigenvalue weighted by molar-refractivity contribution is -0.140. The fourth-order valence-electron chi connectivity index (χ4n) is 2.72. The van der Waals surface area contributed by atoms with Gasteiger partial charge in [0.25, 0.3) is 0 Å². The van der Waals surface area contributed by atoms with Crippen LogP contribution in [0, 0.1) is 5.82 Å². The molecular formula is C17H15F4N3O4. The Morgan fingerprint density at radius 2 is 2.00 bits per heavy atom. The molecule has 3 rings (SSSR count). The Bertz CT molecular complexity index is 1090. The van der Waals surface area contributed by atoms with Crippen LogP contribution in [0.1, 0.15) is 5.69 Å². The molecular weight excluding hydrogens is 386 g/mol. The van der Waals surface area contributed by atoms with Gasteiger partial charge < -0.3 is 19.6 Å². The Balaban J connectivity index is 2.14. The van der Waals surface area contributed by atoms with Crippen LogP contribution >= 0.6 is 0 Å². The molecule has 0 radical (unpaired) electrons. The van der Waals surface area contributed by atoms with Crippen molar-refractivity contribution in [3.05, 3.63) is 39.9 Å². The fourth-order valence-corrected chi connectivity index (χ4v) is 2.72. The SMILES string of the molecule is COCCOc1ccc(-c2[nH]c3c(c(C(F)(F)F)nn3C)c(=O)c2O)c(F)c1. The Morgan fingerprint density at radius 1 is 1.29 bits per heavy atom. The predicted octanol–water partition coefficient (Wildman–Crippen LogP) is 2.82. The Kier molecular flexibility index (Phi) is 5.02. The summed E-state index contributed by atoms with van der Waals surface area (Å²) >= 11 is 0. The zero-order chi connectivity index (χ0) is 20.6. The highest BCUT2D eigenvalue weighted by atomic mass is 19.4. The van der Waals surface area contributed by atoms with E-state index in [1.807, 2.05) is 0 Å². The van der Waals surface area contributed by atoms with E-state index in [-0.39, 0.29) is 35.9 Å². The molecule has 0 aliphatic heterocycles. The van der Waals surface area contributed by atoms with Gasteiger partial charge in [0.15, 0.2) is 11.4 Å². The number of hydrogen-bond donors (Lipinski definition) is 2. The maximum absolute atomic E-state index is 14.5. The number of pyridine rings is 1. The number of benzene rings is 1. The van der Waals surface area contributed by atoms with Gasteiger partial charge in [-0.05, 0) is 12.1 Å². The molecule has 2 N–H and O–H groups in total. The van der Waals surface area contributed by atoms with Crippen LogP contribution in [0.3, 0.4) is 0 Å². The Hall–Kier alpha value is -3.08. The van der Waals surface area contributed by atoms with E-state index in [4.69, 9.17) is 9.47 Å². The highest BCUT2D eigenvalue weighted by molar-refractivity contribution is 5.85. The average Bonchev–Trinajstić information content (AvgIpc) is 2.96. The number of aryl methyl sites for hydroxylation is 1. The van der Waals surface area contributed by atoms with Crippen molar-refractivity contribution in [3.8, 4) is 22.8 Å². The molecule has 2 heterocycles. The number of alkyl halides is 3. The summed E-state index contributed by atoms with van der Waals surface area (Å²) in [4.78, 5) is 14.8. The van der Waals surface area contributed by atoms with Crippen LogP contribution in [0.2, 0.25) is 0 Å². The largest absolute Gasteiger partial charge is 0.503 e. The molecule has 0 bridgehead atoms. The van der Waals surface area contributed by atoms with Crippen LogP contribution in [-0.4, -0.2) is 40.2 Å². The van der Waals surface area contributed by atoms with Crippen molar-refractivity contribution in [2.45, 2.75) is 6.18 Å². The van der Waals surface area contributed by atoms with E-state index >= 15 is 0 Å². The van der Waals surface area contributed by atoms with E-state index in [1.165, 1.54) is 26.3 Å². The predicted molar refractivity (Wildman–Crippen MR) is 90.8 cm³/mol. The molecule has 0 atom stereocenters. The van der Waals surface area contributed by atoms with Gasteiger partial charge in [-0.1, -0.05) is 0 Å². The number of halogens is 4. The summed E-state index contributed by atoms with van der Waals surface area (Å²) in [6.07, 6.45) is -4.90. The quantitative estimate of drug-likeness (QED) is 0.507. The lowest BCUT2D eigenvalue weighted by Crippen LogP contribution is -2.12. The number of aromatic amines is 1. The number of rotatable bonds is 5. The van der Waals surface area contributed by atoms with Crippen molar-refractivity contribution in [2.24, 2.45) is 7.05 Å². The summed E-state index contributed by atoms with van der Waals surface area (Å²) in [6, 6.07) is 3.65. The first-order chi connectivity index (χ1) is 13.1. The molecule has 3 aromatic rings. The monoisotopic (exact) mass is 401 g/mol. The van der Waals surface area contributed by atoms with Crippen LogP contribution in [-0.2, 0) is 18.0 Å². The van der Waals surface area contributed by atoms with Crippen LogP contribution in [0.5, 0.6) is 11.5 Å². The van der Waals surface area contributed by atoms with Crippen molar-refractivity contribution in [2.75, 3.05) is 20.3 Å². The van der Waals surface area contributed by atoms with E-state index < -0.39 is 34.3 Å². The zero-order valence-corrected chi connectivity index (χ0v) is 14.7. The lowest BCUT2D eigenvalue weighted by Gasteiger charge is -2.10. The molecule has 0 saturated carbocycles. The third-order valence-electron chi connectivity index (χ3n) is 4.00. The number of aromatic hydroxyl groups is 1. The number of nitrogens with zero attached hydrogens (tertiary/aromatic N) is 2. The summed E-state index contributed by atoms with van der Waals surface area (Å²) in [6.45, 7) is 0.467. The van der Waals surface area contributed by atoms with Gasteiger partial charge in [-0.3, -0.25) is 9.48 Å². The molecule has 0 aliphatic carbocycles. The van der Waals surface area contributed by atoms with E-state index in [0.717, 1.165) is 10.7 Å². The second-order valence-corrected chi connectivity index (χ2v) is 5.85. The normalized spacial score (nSPS) is 11.9. The number of H-pyrrole nitrogens is 1. The molecule has 1 aromatic carbocycles. The summed E-state index contributed by atoms with van der Waals surface area (Å²) in [5.41, 5.74) is -3.62. The summed E-state index contributed by atoms with van der Waals surface area (Å²) < 4.78 is 64.7. The number of hydrogen-bond acceptors (Lipinski definition) is 5. The first-order valence-electron chi connectivity index (χ1n) is 7.96. The lowest BCUT2D eigenvalue weighted by atomic mass is 10.1. The van der Waals surface area contributed by atoms with Crippen LogP contribution < -0.4 is 10.2 Å². The van der Waals surface area contributed by atoms with Gasteiger partial charge in [-0.2, -0.15) is 18.3 Å². The Morgan fingerprint density at radius 3 is 2.61 bits per heavy atom. The number of fused-ring (bicyclic) bond motifs is 1. The van der Waals surface area contributed by atoms with Crippen molar-refractivity contribution < 1.29 is 32.1 Å². The maximum atomic E-state index is 14.5. The molecule has 0 spiro atoms. The number of methoxy groups -OCH3 is 1. The van der Waals surface area contributed by atoms with E-state index in [0.29, 0.717) is 0 Å². The van der Waals surface area contributed by atoms with Crippen molar-refractivity contribution in [3.63, 3.8) is 0 Å². The topological polar surface area (TPSA) is 89.4 Å². The van der Waals surface area contributed by atoms with Crippen LogP contribution in [0.25, 0.3) is 22.3 Å². The van der Waals surface area contributed by atoms with Crippen molar-refractivity contribution >= 4 is 11.0 Å². The van der Waals surface area contributed by atoms with Crippen molar-refractivity contribution in [1.82, 2.24) is 14.8 Å². The molecule has 2 aromatic heterocycles. The molecule has 0 saturated heterocycles. The van der Waals surface area contributed by atoms with Gasteiger partial charge in [0.05, 0.1) is 12.3 Å². The van der Waals surface area contributed by atoms with E-state index in [9.17, 15) is 27.5 Å². The average molecular weight is 401 g/mol. The highest BCUT2D eigenvalue weighted by Crippen LogP contribution is 2.35. The first-order valence-corrected chi connectivity index (χ1v) is 7.96. The molecule has 0 amide bonds. The van der Waals surface area contributed by atoms with Crippen molar-refractivity contribution in [1.29, 1.82) is 0 Å². The molecule has 0 unspecified atom stereocenters. The van der Waals surface area contributed by atoms with E-state index in [1.54, 1.807) is 0 Å². The highest BCUT2D eigenvalue weighted by Gasteiger charge is 2.38. The molecule has 11 heteroatoms.